The van der Waals surface area contributed by atoms with Gasteiger partial charge in [-0.15, -0.1) is 0 Å². The molecular weight excluding hydrogens is 246 g/mol. The Morgan fingerprint density at radius 2 is 2.37 bits per heavy atom. The summed E-state index contributed by atoms with van der Waals surface area (Å²) in [6.45, 7) is 1.09. The maximum absolute atomic E-state index is 11.5. The van der Waals surface area contributed by atoms with E-state index in [-0.39, 0.29) is 18.7 Å². The molecule has 1 aromatic carbocycles. The molecule has 1 aliphatic heterocycles. The van der Waals surface area contributed by atoms with E-state index in [1.807, 2.05) is 0 Å². The van der Waals surface area contributed by atoms with Crippen LogP contribution in [-0.4, -0.2) is 31.9 Å². The Hall–Kier alpha value is -1.75. The Morgan fingerprint density at radius 1 is 1.47 bits per heavy atom. The van der Waals surface area contributed by atoms with Gasteiger partial charge < -0.3 is 19.9 Å². The van der Waals surface area contributed by atoms with E-state index in [0.717, 1.165) is 25.9 Å². The van der Waals surface area contributed by atoms with Crippen molar-refractivity contribution in [1.82, 2.24) is 0 Å². The maximum Gasteiger partial charge on any atom is 0.344 e. The second kappa shape index (κ2) is 6.99. The lowest BCUT2D eigenvalue weighted by atomic mass is 10.2. The predicted molar refractivity (Wildman–Crippen MR) is 70.9 cm³/mol. The van der Waals surface area contributed by atoms with Crippen LogP contribution in [0.2, 0.25) is 0 Å². The molecule has 5 nitrogen and oxygen atoms in total. The number of hydrogen-bond donors (Lipinski definition) is 1. The molecule has 2 N–H and O–H groups in total. The van der Waals surface area contributed by atoms with E-state index in [4.69, 9.17) is 19.9 Å². The van der Waals surface area contributed by atoms with Crippen LogP contribution >= 0.6 is 0 Å². The fourth-order valence-electron chi connectivity index (χ4n) is 1.96. The number of carbonyl (C=O) groups excluding carboxylic acids is 1. The molecule has 1 aliphatic rings. The van der Waals surface area contributed by atoms with Gasteiger partial charge in [0, 0.05) is 24.8 Å². The summed E-state index contributed by atoms with van der Waals surface area (Å²) in [6, 6.07) is 6.94. The lowest BCUT2D eigenvalue weighted by Gasteiger charge is -2.10. The number of nitrogen functional groups attached to an aromatic ring is 1. The van der Waals surface area contributed by atoms with Gasteiger partial charge in [-0.3, -0.25) is 0 Å². The van der Waals surface area contributed by atoms with Crippen LogP contribution in [0.25, 0.3) is 0 Å². The van der Waals surface area contributed by atoms with Crippen LogP contribution < -0.4 is 10.5 Å². The summed E-state index contributed by atoms with van der Waals surface area (Å²) < 4.78 is 15.8. The van der Waals surface area contributed by atoms with Gasteiger partial charge in [0.25, 0.3) is 0 Å². The van der Waals surface area contributed by atoms with Crippen molar-refractivity contribution >= 4 is 11.7 Å². The number of hydrogen-bond acceptors (Lipinski definition) is 5. The number of ether oxygens (including phenoxy) is 3. The Balaban J connectivity index is 1.61. The SMILES string of the molecule is Nc1cccc(OCC(=O)OCCC2CCCO2)c1. The minimum atomic E-state index is -0.375. The van der Waals surface area contributed by atoms with Crippen molar-refractivity contribution in [3.63, 3.8) is 0 Å². The molecule has 1 unspecified atom stereocenters. The minimum absolute atomic E-state index is 0.102. The molecule has 1 heterocycles. The molecule has 1 fully saturated rings. The zero-order valence-corrected chi connectivity index (χ0v) is 10.8. The van der Waals surface area contributed by atoms with Gasteiger partial charge >= 0.3 is 5.97 Å². The van der Waals surface area contributed by atoms with Crippen molar-refractivity contribution in [3.8, 4) is 5.75 Å². The van der Waals surface area contributed by atoms with Gasteiger partial charge in [-0.05, 0) is 25.0 Å². The monoisotopic (exact) mass is 265 g/mol. The average Bonchev–Trinajstić information content (AvgIpc) is 2.90. The van der Waals surface area contributed by atoms with Crippen molar-refractivity contribution < 1.29 is 19.0 Å². The molecule has 0 bridgehead atoms. The summed E-state index contributed by atoms with van der Waals surface area (Å²) in [6.07, 6.45) is 3.14. The summed E-state index contributed by atoms with van der Waals surface area (Å²) in [4.78, 5) is 11.5. The Morgan fingerprint density at radius 3 is 3.11 bits per heavy atom. The highest BCUT2D eigenvalue weighted by Crippen LogP contribution is 2.16. The predicted octanol–water partition coefficient (Wildman–Crippen LogP) is 1.76. The third-order valence-electron chi connectivity index (χ3n) is 2.94. The van der Waals surface area contributed by atoms with E-state index >= 15 is 0 Å². The average molecular weight is 265 g/mol. The van der Waals surface area contributed by atoms with Gasteiger partial charge in [-0.2, -0.15) is 0 Å². The summed E-state index contributed by atoms with van der Waals surface area (Å²) in [5.41, 5.74) is 6.21. The van der Waals surface area contributed by atoms with Gasteiger partial charge in [-0.25, -0.2) is 4.79 Å². The summed E-state index contributed by atoms with van der Waals surface area (Å²) in [5.74, 6) is 0.191. The first kappa shape index (κ1) is 13.7. The van der Waals surface area contributed by atoms with Gasteiger partial charge in [0.1, 0.15) is 5.75 Å². The Bertz CT molecular complexity index is 416. The molecule has 0 aliphatic carbocycles. The zero-order valence-electron chi connectivity index (χ0n) is 10.8. The molecule has 0 radical (unpaired) electrons. The minimum Gasteiger partial charge on any atom is -0.482 e. The Labute approximate surface area is 112 Å². The number of esters is 1. The molecule has 0 spiro atoms. The van der Waals surface area contributed by atoms with E-state index in [0.29, 0.717) is 18.0 Å². The van der Waals surface area contributed by atoms with Gasteiger partial charge in [0.15, 0.2) is 6.61 Å². The summed E-state index contributed by atoms with van der Waals surface area (Å²) in [7, 11) is 0. The summed E-state index contributed by atoms with van der Waals surface area (Å²) >= 11 is 0. The summed E-state index contributed by atoms with van der Waals surface area (Å²) in [5, 5.41) is 0. The fraction of sp³-hybridized carbons (Fsp3) is 0.500. The molecular formula is C14H19NO4. The van der Waals surface area contributed by atoms with Crippen molar-refractivity contribution in [1.29, 1.82) is 0 Å². The second-order valence-electron chi connectivity index (χ2n) is 4.51. The van der Waals surface area contributed by atoms with E-state index < -0.39 is 0 Å². The van der Waals surface area contributed by atoms with Crippen molar-refractivity contribution in [2.75, 3.05) is 25.6 Å². The highest BCUT2D eigenvalue weighted by Gasteiger charge is 2.15. The van der Waals surface area contributed by atoms with Crippen molar-refractivity contribution in [3.05, 3.63) is 24.3 Å². The fourth-order valence-corrected chi connectivity index (χ4v) is 1.96. The number of nitrogens with two attached hydrogens (primary N) is 1. The van der Waals surface area contributed by atoms with Crippen LogP contribution in [-0.2, 0) is 14.3 Å². The molecule has 5 heteroatoms. The molecule has 1 saturated heterocycles. The number of anilines is 1. The third-order valence-corrected chi connectivity index (χ3v) is 2.94. The molecule has 1 aromatic rings. The second-order valence-corrected chi connectivity index (χ2v) is 4.51. The van der Waals surface area contributed by atoms with Crippen LogP contribution in [0.15, 0.2) is 24.3 Å². The molecule has 0 saturated carbocycles. The third kappa shape index (κ3) is 4.79. The highest BCUT2D eigenvalue weighted by atomic mass is 16.6. The molecule has 0 amide bonds. The van der Waals surface area contributed by atoms with E-state index in [9.17, 15) is 4.79 Å². The molecule has 0 aromatic heterocycles. The first-order chi connectivity index (χ1) is 9.24. The van der Waals surface area contributed by atoms with Crippen molar-refractivity contribution in [2.45, 2.75) is 25.4 Å². The molecule has 1 atom stereocenters. The van der Waals surface area contributed by atoms with Crippen LogP contribution in [0.1, 0.15) is 19.3 Å². The van der Waals surface area contributed by atoms with Crippen molar-refractivity contribution in [2.24, 2.45) is 0 Å². The first-order valence-corrected chi connectivity index (χ1v) is 6.49. The Kier molecular flexibility index (Phi) is 5.03. The molecule has 104 valence electrons. The normalized spacial score (nSPS) is 18.2. The maximum atomic E-state index is 11.5. The van der Waals surface area contributed by atoms with Crippen LogP contribution in [0, 0.1) is 0 Å². The number of benzene rings is 1. The lowest BCUT2D eigenvalue weighted by Crippen LogP contribution is -2.18. The smallest absolute Gasteiger partial charge is 0.344 e. The van der Waals surface area contributed by atoms with Gasteiger partial charge in [0.05, 0.1) is 12.7 Å². The zero-order chi connectivity index (χ0) is 13.5. The molecule has 19 heavy (non-hydrogen) atoms. The standard InChI is InChI=1S/C14H19NO4/c15-11-3-1-4-13(9-11)19-10-14(16)18-8-6-12-5-2-7-17-12/h1,3-4,9,12H,2,5-8,10,15H2. The van der Waals surface area contributed by atoms with E-state index in [1.165, 1.54) is 0 Å². The van der Waals surface area contributed by atoms with Crippen LogP contribution in [0.4, 0.5) is 5.69 Å². The highest BCUT2D eigenvalue weighted by molar-refractivity contribution is 5.71. The largest absolute Gasteiger partial charge is 0.482 e. The quantitative estimate of drug-likeness (QED) is 0.627. The number of rotatable bonds is 6. The first-order valence-electron chi connectivity index (χ1n) is 6.49. The van der Waals surface area contributed by atoms with Gasteiger partial charge in [0.2, 0.25) is 0 Å². The van der Waals surface area contributed by atoms with Crippen LogP contribution in [0.5, 0.6) is 5.75 Å². The van der Waals surface area contributed by atoms with Crippen LogP contribution in [0.3, 0.4) is 0 Å². The number of carbonyl (C=O) groups is 1. The lowest BCUT2D eigenvalue weighted by molar-refractivity contribution is -0.146. The molecule has 2 rings (SSSR count). The van der Waals surface area contributed by atoms with E-state index in [2.05, 4.69) is 0 Å². The topological polar surface area (TPSA) is 70.8 Å². The van der Waals surface area contributed by atoms with Gasteiger partial charge in [-0.1, -0.05) is 6.07 Å². The van der Waals surface area contributed by atoms with E-state index in [1.54, 1.807) is 24.3 Å².